The molecule has 1 fully saturated rings. The minimum Gasteiger partial charge on any atom is -0.488 e. The first kappa shape index (κ1) is 15.8. The van der Waals surface area contributed by atoms with Crippen molar-refractivity contribution in [2.24, 2.45) is 0 Å². The van der Waals surface area contributed by atoms with Crippen molar-refractivity contribution < 1.29 is 14.6 Å². The van der Waals surface area contributed by atoms with E-state index in [1.165, 1.54) is 0 Å². The molecule has 1 saturated carbocycles. The van der Waals surface area contributed by atoms with Crippen LogP contribution in [-0.4, -0.2) is 28.8 Å². The maximum absolute atomic E-state index is 12.2. The summed E-state index contributed by atoms with van der Waals surface area (Å²) in [5.74, 6) is 0.611. The molecule has 4 nitrogen and oxygen atoms in total. The third-order valence-electron chi connectivity index (χ3n) is 3.59. The molecule has 2 rings (SSSR count). The van der Waals surface area contributed by atoms with Gasteiger partial charge in [0.05, 0.1) is 12.1 Å². The molecule has 0 bridgehead atoms. The van der Waals surface area contributed by atoms with Crippen LogP contribution < -0.4 is 10.1 Å². The third kappa shape index (κ3) is 4.74. The lowest BCUT2D eigenvalue weighted by molar-refractivity contribution is 0.0717. The Hall–Kier alpha value is -1.55. The molecule has 21 heavy (non-hydrogen) atoms. The second-order valence-electron chi connectivity index (χ2n) is 6.67. The van der Waals surface area contributed by atoms with Crippen LogP contribution in [0.4, 0.5) is 0 Å². The van der Waals surface area contributed by atoms with Crippen molar-refractivity contribution in [1.29, 1.82) is 0 Å². The van der Waals surface area contributed by atoms with Gasteiger partial charge in [-0.25, -0.2) is 0 Å². The van der Waals surface area contributed by atoms with E-state index in [1.807, 2.05) is 20.8 Å². The minimum atomic E-state index is -0.425. The zero-order valence-corrected chi connectivity index (χ0v) is 13.1. The van der Waals surface area contributed by atoms with Crippen LogP contribution in [0.2, 0.25) is 0 Å². The van der Waals surface area contributed by atoms with E-state index < -0.39 is 6.10 Å². The summed E-state index contributed by atoms with van der Waals surface area (Å²) in [5.41, 5.74) is 0.338. The number of hydrogen-bond donors (Lipinski definition) is 2. The van der Waals surface area contributed by atoms with Crippen LogP contribution in [-0.2, 0) is 0 Å². The van der Waals surface area contributed by atoms with Gasteiger partial charge in [-0.05, 0) is 57.9 Å². The first-order valence-corrected chi connectivity index (χ1v) is 7.63. The van der Waals surface area contributed by atoms with Gasteiger partial charge in [0.2, 0.25) is 0 Å². The lowest BCUT2D eigenvalue weighted by atomic mass is 9.92. The second kappa shape index (κ2) is 6.48. The van der Waals surface area contributed by atoms with Crippen LogP contribution in [0.3, 0.4) is 0 Å². The topological polar surface area (TPSA) is 58.6 Å². The lowest BCUT2D eigenvalue weighted by Crippen LogP contribution is -2.45. The Labute approximate surface area is 126 Å². The molecule has 1 aliphatic carbocycles. The predicted molar refractivity (Wildman–Crippen MR) is 82.6 cm³/mol. The highest BCUT2D eigenvalue weighted by molar-refractivity contribution is 5.94. The fourth-order valence-electron chi connectivity index (χ4n) is 2.56. The summed E-state index contributed by atoms with van der Waals surface area (Å²) >= 11 is 0. The Balaban J connectivity index is 1.96. The standard InChI is InChI=1S/C17H25NO3/c1-17(2,3)21-13-10-8-12(9-11-13)16(20)18-14-6-4-5-7-15(14)19/h8-11,14-15,19H,4-7H2,1-3H3,(H,18,20). The molecule has 4 heteroatoms. The van der Waals surface area contributed by atoms with Gasteiger partial charge >= 0.3 is 0 Å². The van der Waals surface area contributed by atoms with Crippen LogP contribution in [0.1, 0.15) is 56.8 Å². The molecular weight excluding hydrogens is 266 g/mol. The highest BCUT2D eigenvalue weighted by atomic mass is 16.5. The number of aliphatic hydroxyl groups excluding tert-OH is 1. The molecule has 0 aliphatic heterocycles. The van der Waals surface area contributed by atoms with Crippen LogP contribution >= 0.6 is 0 Å². The summed E-state index contributed by atoms with van der Waals surface area (Å²) < 4.78 is 5.73. The fourth-order valence-corrected chi connectivity index (χ4v) is 2.56. The molecule has 2 N–H and O–H groups in total. The van der Waals surface area contributed by atoms with Crippen LogP contribution in [0.25, 0.3) is 0 Å². The summed E-state index contributed by atoms with van der Waals surface area (Å²) in [7, 11) is 0. The van der Waals surface area contributed by atoms with E-state index in [-0.39, 0.29) is 17.6 Å². The number of carbonyl (C=O) groups is 1. The van der Waals surface area contributed by atoms with Gasteiger partial charge in [-0.2, -0.15) is 0 Å². The Morgan fingerprint density at radius 3 is 2.38 bits per heavy atom. The summed E-state index contributed by atoms with van der Waals surface area (Å²) in [5, 5.41) is 12.8. The van der Waals surface area contributed by atoms with E-state index in [1.54, 1.807) is 24.3 Å². The van der Waals surface area contributed by atoms with E-state index >= 15 is 0 Å². The van der Waals surface area contributed by atoms with Gasteiger partial charge in [-0.3, -0.25) is 4.79 Å². The Bertz CT molecular complexity index is 476. The van der Waals surface area contributed by atoms with Crippen molar-refractivity contribution in [2.75, 3.05) is 0 Å². The smallest absolute Gasteiger partial charge is 0.251 e. The van der Waals surface area contributed by atoms with Crippen molar-refractivity contribution in [3.63, 3.8) is 0 Å². The third-order valence-corrected chi connectivity index (χ3v) is 3.59. The van der Waals surface area contributed by atoms with E-state index in [2.05, 4.69) is 5.32 Å². The number of ether oxygens (including phenoxy) is 1. The van der Waals surface area contributed by atoms with E-state index in [0.29, 0.717) is 5.56 Å². The average Bonchev–Trinajstić information content (AvgIpc) is 2.40. The van der Waals surface area contributed by atoms with Crippen LogP contribution in [0, 0.1) is 0 Å². The summed E-state index contributed by atoms with van der Waals surface area (Å²) in [4.78, 5) is 12.2. The number of aliphatic hydroxyl groups is 1. The van der Waals surface area contributed by atoms with Gasteiger partial charge in [-0.15, -0.1) is 0 Å². The number of hydrogen-bond acceptors (Lipinski definition) is 3. The van der Waals surface area contributed by atoms with E-state index in [0.717, 1.165) is 31.4 Å². The largest absolute Gasteiger partial charge is 0.488 e. The molecule has 2 unspecified atom stereocenters. The number of benzene rings is 1. The Morgan fingerprint density at radius 1 is 1.19 bits per heavy atom. The lowest BCUT2D eigenvalue weighted by Gasteiger charge is -2.28. The molecule has 0 aromatic heterocycles. The van der Waals surface area contributed by atoms with Crippen molar-refractivity contribution >= 4 is 5.91 Å². The Morgan fingerprint density at radius 2 is 1.81 bits per heavy atom. The number of rotatable bonds is 3. The summed E-state index contributed by atoms with van der Waals surface area (Å²) in [6, 6.07) is 6.99. The molecule has 0 spiro atoms. The Kier molecular flexibility index (Phi) is 4.88. The SMILES string of the molecule is CC(C)(C)Oc1ccc(C(=O)NC2CCCCC2O)cc1. The summed E-state index contributed by atoms with van der Waals surface area (Å²) in [6.45, 7) is 5.95. The molecule has 1 aromatic rings. The zero-order valence-electron chi connectivity index (χ0n) is 13.1. The first-order valence-electron chi connectivity index (χ1n) is 7.63. The van der Waals surface area contributed by atoms with Crippen molar-refractivity contribution in [3.05, 3.63) is 29.8 Å². The summed E-state index contributed by atoms with van der Waals surface area (Å²) in [6.07, 6.45) is 3.28. The molecule has 2 atom stereocenters. The van der Waals surface area contributed by atoms with Crippen molar-refractivity contribution in [3.8, 4) is 5.75 Å². The predicted octanol–water partition coefficient (Wildman–Crippen LogP) is 2.90. The molecule has 1 aromatic carbocycles. The molecule has 0 heterocycles. The van der Waals surface area contributed by atoms with Gasteiger partial charge in [0, 0.05) is 5.56 Å². The molecule has 1 aliphatic rings. The molecule has 0 radical (unpaired) electrons. The first-order chi connectivity index (χ1) is 9.85. The van der Waals surface area contributed by atoms with Crippen molar-refractivity contribution in [1.82, 2.24) is 5.32 Å². The molecule has 0 saturated heterocycles. The van der Waals surface area contributed by atoms with E-state index in [4.69, 9.17) is 4.74 Å². The number of carbonyl (C=O) groups excluding carboxylic acids is 1. The maximum Gasteiger partial charge on any atom is 0.251 e. The zero-order chi connectivity index (χ0) is 15.5. The average molecular weight is 291 g/mol. The van der Waals surface area contributed by atoms with E-state index in [9.17, 15) is 9.90 Å². The van der Waals surface area contributed by atoms with Gasteiger partial charge in [-0.1, -0.05) is 12.8 Å². The maximum atomic E-state index is 12.2. The normalized spacial score (nSPS) is 22.7. The highest BCUT2D eigenvalue weighted by Gasteiger charge is 2.24. The molecule has 116 valence electrons. The van der Waals surface area contributed by atoms with Gasteiger partial charge < -0.3 is 15.2 Å². The fraction of sp³-hybridized carbons (Fsp3) is 0.588. The van der Waals surface area contributed by atoms with Gasteiger partial charge in [0.15, 0.2) is 0 Å². The number of amides is 1. The monoisotopic (exact) mass is 291 g/mol. The molecular formula is C17H25NO3. The highest BCUT2D eigenvalue weighted by Crippen LogP contribution is 2.20. The van der Waals surface area contributed by atoms with Gasteiger partial charge in [0.1, 0.15) is 11.4 Å². The quantitative estimate of drug-likeness (QED) is 0.900. The van der Waals surface area contributed by atoms with Crippen LogP contribution in [0.5, 0.6) is 5.75 Å². The van der Waals surface area contributed by atoms with Crippen molar-refractivity contribution in [2.45, 2.75) is 64.2 Å². The van der Waals surface area contributed by atoms with Gasteiger partial charge in [0.25, 0.3) is 5.91 Å². The minimum absolute atomic E-state index is 0.128. The second-order valence-corrected chi connectivity index (χ2v) is 6.67. The van der Waals surface area contributed by atoms with Crippen LogP contribution in [0.15, 0.2) is 24.3 Å². The molecule has 1 amide bonds. The number of nitrogens with one attached hydrogen (secondary N) is 1.